The third kappa shape index (κ3) is 4.82. The molecule has 1 amide bonds. The Morgan fingerprint density at radius 3 is 2.71 bits per heavy atom. The van der Waals surface area contributed by atoms with Gasteiger partial charge in [0.1, 0.15) is 0 Å². The molecule has 5 rings (SSSR count). The SMILES string of the molecule is Cc1ccn(CCC(=O)N2C[C@H]3CC[C@@H]2CN(CCCc2ccccc2)C3)n1. The number of fused-ring (bicyclic) bond motifs is 4. The zero-order valence-electron chi connectivity index (χ0n) is 17.0. The van der Waals surface area contributed by atoms with E-state index in [4.69, 9.17) is 0 Å². The molecule has 0 N–H and O–H groups in total. The van der Waals surface area contributed by atoms with Crippen molar-refractivity contribution < 1.29 is 4.79 Å². The van der Waals surface area contributed by atoms with Gasteiger partial charge in [0.25, 0.3) is 0 Å². The molecule has 2 aromatic rings. The summed E-state index contributed by atoms with van der Waals surface area (Å²) in [4.78, 5) is 17.7. The standard InChI is InChI=1S/C23H32N4O/c1-19-11-14-26(24-19)15-12-23(28)27-17-21-9-10-22(27)18-25(16-21)13-5-8-20-6-3-2-4-7-20/h2-4,6-7,11,14,21-22H,5,8-10,12-13,15-18H2,1H3/t21-,22+/m0/s1. The first-order chi connectivity index (χ1) is 13.7. The largest absolute Gasteiger partial charge is 0.338 e. The van der Waals surface area contributed by atoms with Crippen LogP contribution in [0.3, 0.4) is 0 Å². The van der Waals surface area contributed by atoms with Gasteiger partial charge < -0.3 is 9.80 Å². The van der Waals surface area contributed by atoms with Crippen molar-refractivity contribution in [2.45, 2.75) is 51.6 Å². The Hall–Kier alpha value is -2.14. The molecule has 5 nitrogen and oxygen atoms in total. The van der Waals surface area contributed by atoms with Crippen LogP contribution in [0.25, 0.3) is 0 Å². The van der Waals surface area contributed by atoms with Gasteiger partial charge in [-0.15, -0.1) is 0 Å². The van der Waals surface area contributed by atoms with Crippen LogP contribution >= 0.6 is 0 Å². The molecular formula is C23H32N4O. The lowest BCUT2D eigenvalue weighted by Crippen LogP contribution is -2.47. The van der Waals surface area contributed by atoms with E-state index in [9.17, 15) is 4.79 Å². The maximum atomic E-state index is 12.9. The van der Waals surface area contributed by atoms with Crippen LogP contribution in [0.5, 0.6) is 0 Å². The molecule has 2 bridgehead atoms. The minimum atomic E-state index is 0.300. The second-order valence-corrected chi connectivity index (χ2v) is 8.46. The van der Waals surface area contributed by atoms with E-state index in [1.165, 1.54) is 18.4 Å². The number of rotatable bonds is 7. The molecule has 3 aliphatic rings. The van der Waals surface area contributed by atoms with Gasteiger partial charge in [-0.05, 0) is 56.7 Å². The van der Waals surface area contributed by atoms with Crippen LogP contribution in [-0.2, 0) is 17.8 Å². The molecule has 0 aliphatic carbocycles. The molecule has 0 spiro atoms. The average Bonchev–Trinajstić information content (AvgIpc) is 2.93. The maximum Gasteiger partial charge on any atom is 0.224 e. The minimum absolute atomic E-state index is 0.300. The molecule has 3 fully saturated rings. The first kappa shape index (κ1) is 19.2. The molecular weight excluding hydrogens is 348 g/mol. The Kier molecular flexibility index (Phi) is 6.10. The molecule has 0 unspecified atom stereocenters. The van der Waals surface area contributed by atoms with E-state index in [1.807, 2.05) is 23.9 Å². The van der Waals surface area contributed by atoms with Crippen molar-refractivity contribution in [3.8, 4) is 0 Å². The highest BCUT2D eigenvalue weighted by atomic mass is 16.2. The Morgan fingerprint density at radius 1 is 1.07 bits per heavy atom. The zero-order valence-corrected chi connectivity index (χ0v) is 17.0. The van der Waals surface area contributed by atoms with Crippen LogP contribution in [0.1, 0.15) is 36.9 Å². The Bertz CT molecular complexity index is 772. The Labute approximate surface area is 168 Å². The summed E-state index contributed by atoms with van der Waals surface area (Å²) in [5, 5.41) is 4.40. The molecule has 150 valence electrons. The van der Waals surface area contributed by atoms with Crippen LogP contribution < -0.4 is 0 Å². The van der Waals surface area contributed by atoms with Crippen molar-refractivity contribution in [3.05, 3.63) is 53.9 Å². The average molecular weight is 381 g/mol. The molecule has 4 heterocycles. The fraction of sp³-hybridized carbons (Fsp3) is 0.565. The number of carbonyl (C=O) groups excluding carboxylic acids is 1. The number of aryl methyl sites for hydroxylation is 3. The Morgan fingerprint density at radius 2 is 1.93 bits per heavy atom. The predicted molar refractivity (Wildman–Crippen MR) is 111 cm³/mol. The van der Waals surface area contributed by atoms with Gasteiger partial charge in [-0.3, -0.25) is 9.48 Å². The fourth-order valence-electron chi connectivity index (χ4n) is 4.76. The van der Waals surface area contributed by atoms with E-state index in [2.05, 4.69) is 45.2 Å². The monoisotopic (exact) mass is 380 g/mol. The number of hydrogen-bond acceptors (Lipinski definition) is 3. The normalized spacial score (nSPS) is 22.4. The van der Waals surface area contributed by atoms with Crippen molar-refractivity contribution in [1.29, 1.82) is 0 Å². The van der Waals surface area contributed by atoms with Gasteiger partial charge in [0.15, 0.2) is 0 Å². The number of carbonyl (C=O) groups is 1. The van der Waals surface area contributed by atoms with Gasteiger partial charge in [-0.25, -0.2) is 0 Å². The van der Waals surface area contributed by atoms with Crippen molar-refractivity contribution in [2.24, 2.45) is 5.92 Å². The highest BCUT2D eigenvalue weighted by molar-refractivity contribution is 5.76. The van der Waals surface area contributed by atoms with E-state index < -0.39 is 0 Å². The van der Waals surface area contributed by atoms with E-state index in [-0.39, 0.29) is 0 Å². The number of hydrogen-bond donors (Lipinski definition) is 0. The lowest BCUT2D eigenvalue weighted by Gasteiger charge is -2.36. The number of benzene rings is 1. The summed E-state index contributed by atoms with van der Waals surface area (Å²) >= 11 is 0. The number of nitrogens with zero attached hydrogens (tertiary/aromatic N) is 4. The minimum Gasteiger partial charge on any atom is -0.338 e. The van der Waals surface area contributed by atoms with E-state index in [0.29, 0.717) is 30.8 Å². The molecule has 5 heteroatoms. The van der Waals surface area contributed by atoms with Crippen LogP contribution in [0.2, 0.25) is 0 Å². The maximum absolute atomic E-state index is 12.9. The van der Waals surface area contributed by atoms with Gasteiger partial charge in [-0.1, -0.05) is 30.3 Å². The van der Waals surface area contributed by atoms with Crippen molar-refractivity contribution >= 4 is 5.91 Å². The zero-order chi connectivity index (χ0) is 19.3. The molecule has 3 saturated heterocycles. The lowest BCUT2D eigenvalue weighted by molar-refractivity contribution is -0.135. The number of aromatic nitrogens is 2. The fourth-order valence-corrected chi connectivity index (χ4v) is 4.76. The second kappa shape index (κ2) is 8.91. The molecule has 28 heavy (non-hydrogen) atoms. The van der Waals surface area contributed by atoms with E-state index in [1.54, 1.807) is 0 Å². The van der Waals surface area contributed by atoms with Gasteiger partial charge in [0.05, 0.1) is 5.69 Å². The van der Waals surface area contributed by atoms with Crippen molar-refractivity contribution in [1.82, 2.24) is 19.6 Å². The van der Waals surface area contributed by atoms with Gasteiger partial charge in [0, 0.05) is 44.8 Å². The van der Waals surface area contributed by atoms with E-state index >= 15 is 0 Å². The summed E-state index contributed by atoms with van der Waals surface area (Å²) in [6.45, 7) is 6.93. The van der Waals surface area contributed by atoms with Crippen molar-refractivity contribution in [2.75, 3.05) is 26.2 Å². The topological polar surface area (TPSA) is 41.4 Å². The van der Waals surface area contributed by atoms with Gasteiger partial charge >= 0.3 is 0 Å². The Balaban J connectivity index is 1.28. The molecule has 3 aliphatic heterocycles. The summed E-state index contributed by atoms with van der Waals surface area (Å²) in [6.07, 6.45) is 7.27. The second-order valence-electron chi connectivity index (χ2n) is 8.46. The van der Waals surface area contributed by atoms with Crippen molar-refractivity contribution in [3.63, 3.8) is 0 Å². The van der Waals surface area contributed by atoms with E-state index in [0.717, 1.165) is 44.7 Å². The third-order valence-electron chi connectivity index (χ3n) is 6.22. The first-order valence-corrected chi connectivity index (χ1v) is 10.7. The van der Waals surface area contributed by atoms with Crippen LogP contribution in [0, 0.1) is 12.8 Å². The summed E-state index contributed by atoms with van der Waals surface area (Å²) in [7, 11) is 0. The molecule has 0 radical (unpaired) electrons. The third-order valence-corrected chi connectivity index (χ3v) is 6.22. The molecule has 0 saturated carbocycles. The van der Waals surface area contributed by atoms with Gasteiger partial charge in [-0.2, -0.15) is 5.10 Å². The smallest absolute Gasteiger partial charge is 0.224 e. The van der Waals surface area contributed by atoms with Crippen LogP contribution in [-0.4, -0.2) is 57.7 Å². The molecule has 1 aromatic heterocycles. The van der Waals surface area contributed by atoms with Gasteiger partial charge in [0.2, 0.25) is 5.91 Å². The highest BCUT2D eigenvalue weighted by Crippen LogP contribution is 2.28. The summed E-state index contributed by atoms with van der Waals surface area (Å²) < 4.78 is 1.89. The summed E-state index contributed by atoms with van der Waals surface area (Å²) in [6, 6.07) is 13.1. The van der Waals surface area contributed by atoms with Crippen LogP contribution in [0.4, 0.5) is 0 Å². The first-order valence-electron chi connectivity index (χ1n) is 10.7. The van der Waals surface area contributed by atoms with Crippen LogP contribution in [0.15, 0.2) is 42.6 Å². The highest BCUT2D eigenvalue weighted by Gasteiger charge is 2.36. The lowest BCUT2D eigenvalue weighted by atomic mass is 9.94. The summed E-state index contributed by atoms with van der Waals surface area (Å²) in [5.41, 5.74) is 2.43. The number of piperidine rings is 1. The summed E-state index contributed by atoms with van der Waals surface area (Å²) in [5.74, 6) is 0.931. The quantitative estimate of drug-likeness (QED) is 0.741. The predicted octanol–water partition coefficient (Wildman–Crippen LogP) is 3.14. The number of amides is 1. The molecule has 2 atom stereocenters. The molecule has 1 aromatic carbocycles.